The zero-order chi connectivity index (χ0) is 19.1. The fourth-order valence-corrected chi connectivity index (χ4v) is 3.31. The van der Waals surface area contributed by atoms with Gasteiger partial charge in [0.25, 0.3) is 0 Å². The SMILES string of the molecule is N#Cc1ccc2cc(-c3cc(-c4cc5ccc(C#N)cc5o4)ccn3)[nH]c2c1. The quantitative estimate of drug-likeness (QED) is 0.457. The largest absolute Gasteiger partial charge is 0.456 e. The number of nitrogens with zero attached hydrogens (tertiary/aromatic N) is 3. The topological polar surface area (TPSA) is 89.4 Å². The van der Waals surface area contributed by atoms with Gasteiger partial charge < -0.3 is 9.40 Å². The number of nitrogens with one attached hydrogen (secondary N) is 1. The van der Waals surface area contributed by atoms with Gasteiger partial charge in [-0.3, -0.25) is 4.98 Å². The summed E-state index contributed by atoms with van der Waals surface area (Å²) in [6, 6.07) is 23.0. The summed E-state index contributed by atoms with van der Waals surface area (Å²) >= 11 is 0. The lowest BCUT2D eigenvalue weighted by Crippen LogP contribution is -1.84. The zero-order valence-corrected chi connectivity index (χ0v) is 14.6. The van der Waals surface area contributed by atoms with Crippen LogP contribution in [0.3, 0.4) is 0 Å². The van der Waals surface area contributed by atoms with E-state index in [1.807, 2.05) is 42.5 Å². The van der Waals surface area contributed by atoms with E-state index in [1.54, 1.807) is 24.4 Å². The van der Waals surface area contributed by atoms with Crippen LogP contribution in [0, 0.1) is 22.7 Å². The number of H-pyrrole nitrogens is 1. The van der Waals surface area contributed by atoms with E-state index in [-0.39, 0.29) is 0 Å². The maximum atomic E-state index is 9.07. The van der Waals surface area contributed by atoms with Crippen LogP contribution in [-0.2, 0) is 0 Å². The molecule has 0 bridgehead atoms. The lowest BCUT2D eigenvalue weighted by atomic mass is 10.1. The predicted octanol–water partition coefficient (Wildman–Crippen LogP) is 5.39. The first-order valence-electron chi connectivity index (χ1n) is 8.67. The monoisotopic (exact) mass is 360 g/mol. The molecule has 1 N–H and O–H groups in total. The van der Waals surface area contributed by atoms with E-state index in [4.69, 9.17) is 14.9 Å². The Hall–Kier alpha value is -4.35. The molecule has 0 atom stereocenters. The lowest BCUT2D eigenvalue weighted by molar-refractivity contribution is 0.631. The summed E-state index contributed by atoms with van der Waals surface area (Å²) in [5.74, 6) is 0.719. The van der Waals surface area contributed by atoms with E-state index in [9.17, 15) is 0 Å². The number of aromatic amines is 1. The van der Waals surface area contributed by atoms with Crippen molar-refractivity contribution in [2.75, 3.05) is 0 Å². The van der Waals surface area contributed by atoms with E-state index in [0.717, 1.165) is 39.0 Å². The molecule has 0 radical (unpaired) electrons. The van der Waals surface area contributed by atoms with E-state index in [2.05, 4.69) is 22.1 Å². The first kappa shape index (κ1) is 15.9. The summed E-state index contributed by atoms with van der Waals surface area (Å²) < 4.78 is 5.95. The molecule has 0 saturated carbocycles. The van der Waals surface area contributed by atoms with Crippen molar-refractivity contribution in [3.8, 4) is 34.8 Å². The van der Waals surface area contributed by atoms with Crippen LogP contribution in [0.1, 0.15) is 11.1 Å². The van der Waals surface area contributed by atoms with Gasteiger partial charge in [-0.15, -0.1) is 0 Å². The second-order valence-electron chi connectivity index (χ2n) is 6.50. The Kier molecular flexibility index (Phi) is 3.47. The summed E-state index contributed by atoms with van der Waals surface area (Å²) in [4.78, 5) is 7.80. The second-order valence-corrected chi connectivity index (χ2v) is 6.50. The van der Waals surface area contributed by atoms with Crippen LogP contribution in [0.4, 0.5) is 0 Å². The number of furan rings is 1. The van der Waals surface area contributed by atoms with Crippen molar-refractivity contribution in [3.63, 3.8) is 0 Å². The standard InChI is InChI=1S/C23H12N4O/c24-12-14-1-3-16-9-21(27-19(16)7-14)20-10-18(5-6-26-20)23-11-17-4-2-15(13-25)8-22(17)28-23/h1-11,27H. The Morgan fingerprint density at radius 1 is 0.821 bits per heavy atom. The van der Waals surface area contributed by atoms with E-state index in [1.165, 1.54) is 0 Å². The number of aromatic nitrogens is 2. The van der Waals surface area contributed by atoms with Gasteiger partial charge >= 0.3 is 0 Å². The van der Waals surface area contributed by atoms with Crippen LogP contribution in [0.2, 0.25) is 0 Å². The molecule has 0 amide bonds. The molecule has 2 aromatic carbocycles. The summed E-state index contributed by atoms with van der Waals surface area (Å²) in [6.07, 6.45) is 1.74. The van der Waals surface area contributed by atoms with Crippen LogP contribution < -0.4 is 0 Å². The minimum Gasteiger partial charge on any atom is -0.456 e. The molecule has 130 valence electrons. The molecule has 28 heavy (non-hydrogen) atoms. The molecule has 0 unspecified atom stereocenters. The fraction of sp³-hybridized carbons (Fsp3) is 0. The third kappa shape index (κ3) is 2.59. The molecule has 5 heteroatoms. The van der Waals surface area contributed by atoms with Crippen LogP contribution in [0.5, 0.6) is 0 Å². The number of pyridine rings is 1. The van der Waals surface area contributed by atoms with Gasteiger partial charge in [0.1, 0.15) is 11.3 Å². The Morgan fingerprint density at radius 2 is 1.61 bits per heavy atom. The summed E-state index contributed by atoms with van der Waals surface area (Å²) in [5.41, 5.74) is 5.31. The highest BCUT2D eigenvalue weighted by Gasteiger charge is 2.11. The van der Waals surface area contributed by atoms with E-state index < -0.39 is 0 Å². The minimum absolute atomic E-state index is 0.568. The van der Waals surface area contributed by atoms with Crippen molar-refractivity contribution in [1.29, 1.82) is 10.5 Å². The fourth-order valence-electron chi connectivity index (χ4n) is 3.31. The molecule has 5 nitrogen and oxygen atoms in total. The van der Waals surface area contributed by atoms with E-state index in [0.29, 0.717) is 16.7 Å². The molecule has 3 heterocycles. The predicted molar refractivity (Wildman–Crippen MR) is 106 cm³/mol. The highest BCUT2D eigenvalue weighted by Crippen LogP contribution is 2.31. The molecule has 0 aliphatic heterocycles. The third-order valence-electron chi connectivity index (χ3n) is 4.72. The van der Waals surface area contributed by atoms with Crippen molar-refractivity contribution in [2.45, 2.75) is 0 Å². The Bertz CT molecular complexity index is 1340. The van der Waals surface area contributed by atoms with Crippen molar-refractivity contribution < 1.29 is 4.42 Å². The van der Waals surface area contributed by atoms with Crippen molar-refractivity contribution in [2.24, 2.45) is 0 Å². The molecule has 0 aliphatic carbocycles. The van der Waals surface area contributed by atoms with Gasteiger partial charge in [0.15, 0.2) is 0 Å². The number of benzene rings is 2. The minimum atomic E-state index is 0.568. The maximum Gasteiger partial charge on any atom is 0.136 e. The average molecular weight is 360 g/mol. The van der Waals surface area contributed by atoms with Gasteiger partial charge in [-0.05, 0) is 54.6 Å². The second kappa shape index (κ2) is 6.12. The molecule has 0 fully saturated rings. The van der Waals surface area contributed by atoms with Crippen LogP contribution in [-0.4, -0.2) is 9.97 Å². The van der Waals surface area contributed by atoms with Crippen LogP contribution in [0.25, 0.3) is 44.6 Å². The zero-order valence-electron chi connectivity index (χ0n) is 14.6. The molecule has 0 saturated heterocycles. The van der Waals surface area contributed by atoms with Crippen molar-refractivity contribution >= 4 is 21.9 Å². The van der Waals surface area contributed by atoms with Gasteiger partial charge in [-0.1, -0.05) is 6.07 Å². The number of nitriles is 2. The highest BCUT2D eigenvalue weighted by atomic mass is 16.3. The van der Waals surface area contributed by atoms with Crippen LogP contribution in [0.15, 0.2) is 71.3 Å². The van der Waals surface area contributed by atoms with Gasteiger partial charge in [0, 0.05) is 28.0 Å². The highest BCUT2D eigenvalue weighted by molar-refractivity contribution is 5.87. The maximum absolute atomic E-state index is 9.07. The molecule has 0 spiro atoms. The molecule has 0 aliphatic rings. The first-order valence-corrected chi connectivity index (χ1v) is 8.67. The smallest absolute Gasteiger partial charge is 0.136 e. The van der Waals surface area contributed by atoms with Crippen molar-refractivity contribution in [3.05, 3.63) is 78.0 Å². The first-order chi connectivity index (χ1) is 13.7. The summed E-state index contributed by atoms with van der Waals surface area (Å²) in [7, 11) is 0. The Balaban J connectivity index is 1.58. The lowest BCUT2D eigenvalue weighted by Gasteiger charge is -2.00. The average Bonchev–Trinajstić information content (AvgIpc) is 3.36. The van der Waals surface area contributed by atoms with Crippen LogP contribution >= 0.6 is 0 Å². The molecule has 3 aromatic heterocycles. The number of rotatable bonds is 2. The number of hydrogen-bond donors (Lipinski definition) is 1. The third-order valence-corrected chi connectivity index (χ3v) is 4.72. The molecule has 5 aromatic rings. The normalized spacial score (nSPS) is 10.8. The van der Waals surface area contributed by atoms with Gasteiger partial charge in [-0.25, -0.2) is 0 Å². The number of fused-ring (bicyclic) bond motifs is 2. The molecular weight excluding hydrogens is 348 g/mol. The van der Waals surface area contributed by atoms with Crippen molar-refractivity contribution in [1.82, 2.24) is 9.97 Å². The number of hydrogen-bond acceptors (Lipinski definition) is 4. The molecular formula is C23H12N4O. The Morgan fingerprint density at radius 3 is 2.43 bits per heavy atom. The summed E-state index contributed by atoms with van der Waals surface area (Å²) in [5, 5.41) is 20.1. The summed E-state index contributed by atoms with van der Waals surface area (Å²) in [6.45, 7) is 0. The van der Waals surface area contributed by atoms with E-state index >= 15 is 0 Å². The van der Waals surface area contributed by atoms with Gasteiger partial charge in [0.05, 0.1) is 34.7 Å². The molecule has 5 rings (SSSR count). The van der Waals surface area contributed by atoms with Gasteiger partial charge in [0.2, 0.25) is 0 Å². The Labute approximate surface area is 160 Å². The van der Waals surface area contributed by atoms with Gasteiger partial charge in [-0.2, -0.15) is 10.5 Å².